The quantitative estimate of drug-likeness (QED) is 0.0832. The number of nitrogens with two attached hydrogens (primary N) is 1. The molecule has 2 aromatic carbocycles. The van der Waals surface area contributed by atoms with E-state index < -0.39 is 17.8 Å². The smallest absolute Gasteiger partial charge is 0.399 e. The Morgan fingerprint density at radius 2 is 1.58 bits per heavy atom. The fraction of sp³-hybridized carbons (Fsp3) is 0.500. The average molecular weight is 859 g/mol. The molecule has 0 spiro atoms. The van der Waals surface area contributed by atoms with Crippen LogP contribution in [0.5, 0.6) is 0 Å². The Labute approximate surface area is 359 Å². The fourth-order valence-electron chi connectivity index (χ4n) is 8.58. The van der Waals surface area contributed by atoms with Gasteiger partial charge in [0.05, 0.1) is 35.3 Å². The number of hydrogen-bond donors (Lipinski definition) is 5. The van der Waals surface area contributed by atoms with Crippen molar-refractivity contribution < 1.29 is 22.8 Å². The number of alkyl halides is 3. The van der Waals surface area contributed by atoms with Crippen molar-refractivity contribution in [3.63, 3.8) is 0 Å². The van der Waals surface area contributed by atoms with Gasteiger partial charge in [-0.25, -0.2) is 9.97 Å². The minimum atomic E-state index is -4.53. The molecule has 15 nitrogen and oxygen atoms in total. The van der Waals surface area contributed by atoms with Crippen molar-refractivity contribution in [3.8, 4) is 0 Å². The average Bonchev–Trinajstić information content (AvgIpc) is 3.25. The molecule has 4 aromatic rings. The van der Waals surface area contributed by atoms with Gasteiger partial charge in [0.2, 0.25) is 11.8 Å². The molecule has 6 N–H and O–H groups in total. The Kier molecular flexibility index (Phi) is 14.1. The maximum absolute atomic E-state index is 13.5. The molecule has 0 radical (unpaired) electrons. The minimum absolute atomic E-state index is 0.0160. The van der Waals surface area contributed by atoms with E-state index in [-0.39, 0.29) is 41.4 Å². The van der Waals surface area contributed by atoms with Crippen molar-refractivity contribution in [2.75, 3.05) is 88.4 Å². The molecular formula is C44H57F3N12O3. The Hall–Kier alpha value is -5.59. The molecular weight excluding hydrogens is 802 g/mol. The van der Waals surface area contributed by atoms with Crippen LogP contribution in [0.1, 0.15) is 73.2 Å². The van der Waals surface area contributed by atoms with E-state index in [4.69, 9.17) is 11.1 Å². The normalized spacial score (nSPS) is 18.8. The lowest BCUT2D eigenvalue weighted by Crippen LogP contribution is -2.50. The standard InChI is InChI=1S/C44H57F3N12O3/c1-29(31-22-33(44(45,46)47)25-34(48)23-31)53-40-37-24-32(43(62)55(2)41(37)52-28-51-40)27-58-16-14-56(15-17-58)12-4-3-5-13-57-18-20-59(21-19-57)39(60)26-50-35-8-6-30(7-9-35)36-10-11-38(49)54-42(36)61/h6-9,22-25,28-29,36,50H,3-5,10-21,26-27,48H2,1-2H3,(H2,49,54,61)(H,51,52,53)/t29-,36?/m1/s1. The van der Waals surface area contributed by atoms with E-state index in [0.717, 1.165) is 95.0 Å². The molecule has 0 saturated carbocycles. The minimum Gasteiger partial charge on any atom is -0.399 e. The van der Waals surface area contributed by atoms with E-state index in [2.05, 4.69) is 40.6 Å². The summed E-state index contributed by atoms with van der Waals surface area (Å²) < 4.78 is 42.0. The highest BCUT2D eigenvalue weighted by Gasteiger charge is 2.32. The van der Waals surface area contributed by atoms with Crippen LogP contribution in [0.25, 0.3) is 11.0 Å². The zero-order chi connectivity index (χ0) is 44.0. The van der Waals surface area contributed by atoms with Crippen LogP contribution in [0.3, 0.4) is 0 Å². The lowest BCUT2D eigenvalue weighted by Gasteiger charge is -2.35. The zero-order valence-corrected chi connectivity index (χ0v) is 35.4. The number of halogens is 3. The van der Waals surface area contributed by atoms with Gasteiger partial charge in [-0.3, -0.25) is 34.2 Å². The van der Waals surface area contributed by atoms with Crippen LogP contribution in [0, 0.1) is 5.41 Å². The molecule has 2 atom stereocenters. The first-order chi connectivity index (χ1) is 29.7. The van der Waals surface area contributed by atoms with Gasteiger partial charge in [-0.05, 0) is 86.8 Å². The topological polar surface area (TPSA) is 181 Å². The van der Waals surface area contributed by atoms with E-state index in [1.54, 1.807) is 20.0 Å². The predicted octanol–water partition coefficient (Wildman–Crippen LogP) is 4.62. The number of piperazine rings is 2. The number of amidine groups is 1. The number of carbonyl (C=O) groups excluding carboxylic acids is 2. The molecule has 3 aliphatic rings. The number of aryl methyl sites for hydroxylation is 1. The summed E-state index contributed by atoms with van der Waals surface area (Å²) in [7, 11) is 1.67. The van der Waals surface area contributed by atoms with Crippen molar-refractivity contribution in [2.24, 2.45) is 7.05 Å². The molecule has 3 saturated heterocycles. The first kappa shape index (κ1) is 44.5. The number of hydrogen-bond acceptors (Lipinski definition) is 12. The highest BCUT2D eigenvalue weighted by molar-refractivity contribution is 6.02. The van der Waals surface area contributed by atoms with Gasteiger partial charge >= 0.3 is 6.18 Å². The summed E-state index contributed by atoms with van der Waals surface area (Å²) in [5.41, 5.74) is 8.00. The summed E-state index contributed by atoms with van der Waals surface area (Å²) in [6.07, 6.45) is 1.33. The number of nitrogens with one attached hydrogen (secondary N) is 4. The number of rotatable bonds is 15. The number of unbranched alkanes of at least 4 members (excludes halogenated alkanes) is 2. The molecule has 5 heterocycles. The molecule has 3 aliphatic heterocycles. The van der Waals surface area contributed by atoms with E-state index in [1.165, 1.54) is 17.0 Å². The first-order valence-corrected chi connectivity index (χ1v) is 21.5. The molecule has 2 amide bonds. The largest absolute Gasteiger partial charge is 0.416 e. The van der Waals surface area contributed by atoms with Crippen molar-refractivity contribution in [2.45, 2.75) is 63.7 Å². The van der Waals surface area contributed by atoms with Crippen LogP contribution in [0.4, 0.5) is 30.4 Å². The van der Waals surface area contributed by atoms with E-state index in [1.807, 2.05) is 29.2 Å². The number of anilines is 3. The molecule has 0 bridgehead atoms. The highest BCUT2D eigenvalue weighted by atomic mass is 19.4. The van der Waals surface area contributed by atoms with Crippen LogP contribution in [-0.2, 0) is 29.4 Å². The van der Waals surface area contributed by atoms with Gasteiger partial charge < -0.3 is 31.5 Å². The molecule has 7 rings (SSSR count). The van der Waals surface area contributed by atoms with Gasteiger partial charge in [0.1, 0.15) is 17.8 Å². The van der Waals surface area contributed by atoms with Crippen molar-refractivity contribution >= 4 is 45.9 Å². The summed E-state index contributed by atoms with van der Waals surface area (Å²) >= 11 is 0. The molecule has 3 fully saturated rings. The second-order valence-electron chi connectivity index (χ2n) is 16.7. The molecule has 0 aliphatic carbocycles. The maximum Gasteiger partial charge on any atom is 0.416 e. The van der Waals surface area contributed by atoms with Crippen LogP contribution in [0.2, 0.25) is 0 Å². The van der Waals surface area contributed by atoms with Crippen LogP contribution >= 0.6 is 0 Å². The highest BCUT2D eigenvalue weighted by Crippen LogP contribution is 2.34. The molecule has 2 aromatic heterocycles. The summed E-state index contributed by atoms with van der Waals surface area (Å²) in [6, 6.07) is 12.4. The number of pyridine rings is 1. The zero-order valence-electron chi connectivity index (χ0n) is 35.4. The number of amides is 2. The number of nitrogen functional groups attached to an aromatic ring is 1. The Bertz CT molecular complexity index is 2290. The third-order valence-corrected chi connectivity index (χ3v) is 12.3. The molecule has 332 valence electrons. The molecule has 62 heavy (non-hydrogen) atoms. The Morgan fingerprint density at radius 3 is 2.24 bits per heavy atom. The molecule has 18 heteroatoms. The third kappa shape index (κ3) is 11.1. The Balaban J connectivity index is 0.798. The Morgan fingerprint density at radius 1 is 0.919 bits per heavy atom. The van der Waals surface area contributed by atoms with Crippen molar-refractivity contribution in [3.05, 3.63) is 87.5 Å². The lowest BCUT2D eigenvalue weighted by atomic mass is 9.90. The van der Waals surface area contributed by atoms with Crippen molar-refractivity contribution in [1.29, 1.82) is 5.41 Å². The summed E-state index contributed by atoms with van der Waals surface area (Å²) in [5.74, 6) is 0.371. The maximum atomic E-state index is 13.5. The number of benzene rings is 2. The van der Waals surface area contributed by atoms with Crippen LogP contribution in [-0.4, -0.2) is 124 Å². The first-order valence-electron chi connectivity index (χ1n) is 21.5. The summed E-state index contributed by atoms with van der Waals surface area (Å²) in [5, 5.41) is 17.3. The number of nitrogens with zero attached hydrogens (tertiary/aromatic N) is 7. The monoisotopic (exact) mass is 858 g/mol. The van der Waals surface area contributed by atoms with Crippen LogP contribution < -0.4 is 27.2 Å². The second-order valence-corrected chi connectivity index (χ2v) is 16.7. The predicted molar refractivity (Wildman–Crippen MR) is 234 cm³/mol. The van der Waals surface area contributed by atoms with E-state index in [0.29, 0.717) is 60.5 Å². The number of fused-ring (bicyclic) bond motifs is 1. The molecule has 1 unspecified atom stereocenters. The van der Waals surface area contributed by atoms with Crippen molar-refractivity contribution in [1.82, 2.24) is 39.5 Å². The number of aromatic nitrogens is 3. The second kappa shape index (κ2) is 19.6. The third-order valence-electron chi connectivity index (χ3n) is 12.3. The van der Waals surface area contributed by atoms with E-state index >= 15 is 0 Å². The summed E-state index contributed by atoms with van der Waals surface area (Å²) in [4.78, 5) is 56.5. The number of piperidine rings is 1. The fourth-order valence-corrected chi connectivity index (χ4v) is 8.58. The SMILES string of the molecule is C[C@@H](Nc1ncnc2c1cc(CN1CCN(CCCCCN3CCN(C(=O)CNc4ccc(C5CCC(=N)NC5=O)cc4)CC3)CC1)c(=O)n2C)c1cc(N)cc(C(F)(F)F)c1. The lowest BCUT2D eigenvalue weighted by molar-refractivity contribution is -0.137. The van der Waals surface area contributed by atoms with Gasteiger partial charge in [-0.15, -0.1) is 0 Å². The van der Waals surface area contributed by atoms with E-state index in [9.17, 15) is 27.6 Å². The van der Waals surface area contributed by atoms with Gasteiger partial charge in [-0.2, -0.15) is 13.2 Å². The summed E-state index contributed by atoms with van der Waals surface area (Å²) in [6.45, 7) is 11.1. The number of carbonyl (C=O) groups is 2. The van der Waals surface area contributed by atoms with Gasteiger partial charge in [0.25, 0.3) is 5.56 Å². The van der Waals surface area contributed by atoms with Gasteiger partial charge in [-0.1, -0.05) is 18.6 Å². The van der Waals surface area contributed by atoms with Gasteiger partial charge in [0.15, 0.2) is 0 Å². The van der Waals surface area contributed by atoms with Crippen LogP contribution in [0.15, 0.2) is 59.7 Å². The van der Waals surface area contributed by atoms with Gasteiger partial charge in [0, 0.05) is 89.3 Å².